The first-order valence-electron chi connectivity index (χ1n) is 8.13. The zero-order chi connectivity index (χ0) is 17.9. The summed E-state index contributed by atoms with van der Waals surface area (Å²) in [4.78, 5) is 26.8. The van der Waals surface area contributed by atoms with Crippen LogP contribution in [0.4, 0.5) is 5.82 Å². The van der Waals surface area contributed by atoms with E-state index in [0.717, 1.165) is 0 Å². The summed E-state index contributed by atoms with van der Waals surface area (Å²) in [6, 6.07) is 3.53. The molecule has 3 rings (SSSR count). The molecule has 0 aliphatic carbocycles. The fourth-order valence-electron chi connectivity index (χ4n) is 3.14. The van der Waals surface area contributed by atoms with E-state index in [-0.39, 0.29) is 18.4 Å². The van der Waals surface area contributed by atoms with Crippen LogP contribution >= 0.6 is 0 Å². The van der Waals surface area contributed by atoms with E-state index in [1.807, 2.05) is 0 Å². The van der Waals surface area contributed by atoms with Gasteiger partial charge in [-0.05, 0) is 18.9 Å². The molecule has 0 saturated carbocycles. The Morgan fingerprint density at radius 2 is 2.08 bits per heavy atom. The van der Waals surface area contributed by atoms with Crippen LogP contribution in [0.3, 0.4) is 0 Å². The molecule has 2 amide bonds. The predicted molar refractivity (Wildman–Crippen MR) is 89.7 cm³/mol. The minimum Gasteiger partial charge on any atom is -0.375 e. The third-order valence-corrected chi connectivity index (χ3v) is 4.53. The van der Waals surface area contributed by atoms with E-state index in [1.54, 1.807) is 52.0 Å². The third kappa shape index (κ3) is 3.41. The summed E-state index contributed by atoms with van der Waals surface area (Å²) < 4.78 is 8.22. The van der Waals surface area contributed by atoms with Crippen molar-refractivity contribution >= 4 is 17.6 Å². The Morgan fingerprint density at radius 3 is 2.64 bits per heavy atom. The molecule has 1 fully saturated rings. The van der Waals surface area contributed by atoms with E-state index in [0.29, 0.717) is 31.7 Å². The molecule has 1 saturated heterocycles. The molecule has 9 nitrogen and oxygen atoms in total. The third-order valence-electron chi connectivity index (χ3n) is 4.53. The molecule has 0 bridgehead atoms. The normalized spacial score (nSPS) is 16.6. The van der Waals surface area contributed by atoms with E-state index >= 15 is 0 Å². The second kappa shape index (κ2) is 7.06. The van der Waals surface area contributed by atoms with Crippen molar-refractivity contribution in [3.63, 3.8) is 0 Å². The SMILES string of the molecule is COCC(=O)N1CCC(C(=O)Nc2ccn(C)n2)(n2cccn2)CC1. The Bertz CT molecular complexity index is 731. The average Bonchev–Trinajstić information content (AvgIpc) is 3.27. The first kappa shape index (κ1) is 17.2. The van der Waals surface area contributed by atoms with Crippen molar-refractivity contribution in [1.29, 1.82) is 0 Å². The van der Waals surface area contributed by atoms with Crippen molar-refractivity contribution in [2.75, 3.05) is 32.1 Å². The van der Waals surface area contributed by atoms with Crippen LogP contribution in [0.15, 0.2) is 30.7 Å². The molecule has 0 radical (unpaired) electrons. The molecule has 1 N–H and O–H groups in total. The van der Waals surface area contributed by atoms with Crippen molar-refractivity contribution in [1.82, 2.24) is 24.5 Å². The number of carbonyl (C=O) groups is 2. The Kier molecular flexibility index (Phi) is 4.84. The lowest BCUT2D eigenvalue weighted by Gasteiger charge is -2.40. The van der Waals surface area contributed by atoms with Crippen LogP contribution in [0, 0.1) is 0 Å². The lowest BCUT2D eigenvalue weighted by atomic mass is 9.86. The Balaban J connectivity index is 1.79. The number of rotatable bonds is 5. The number of hydrogen-bond donors (Lipinski definition) is 1. The lowest BCUT2D eigenvalue weighted by Crippen LogP contribution is -2.54. The molecule has 1 aliphatic heterocycles. The van der Waals surface area contributed by atoms with Gasteiger partial charge < -0.3 is 15.0 Å². The highest BCUT2D eigenvalue weighted by Gasteiger charge is 2.44. The van der Waals surface area contributed by atoms with Crippen LogP contribution < -0.4 is 5.32 Å². The standard InChI is InChI=1S/C16H22N6O3/c1-20-9-4-13(19-20)18-15(24)16(22-8-3-7-17-22)5-10-21(11-6-16)14(23)12-25-2/h3-4,7-9H,5-6,10-12H2,1-2H3,(H,18,19,24). The molecular weight excluding hydrogens is 324 g/mol. The zero-order valence-electron chi connectivity index (χ0n) is 14.4. The number of piperidine rings is 1. The largest absolute Gasteiger partial charge is 0.375 e. The Hall–Kier alpha value is -2.68. The van der Waals surface area contributed by atoms with E-state index < -0.39 is 5.54 Å². The fraction of sp³-hybridized carbons (Fsp3) is 0.500. The van der Waals surface area contributed by atoms with Crippen LogP contribution in [-0.4, -0.2) is 63.1 Å². The van der Waals surface area contributed by atoms with Crippen molar-refractivity contribution in [2.24, 2.45) is 7.05 Å². The molecular formula is C16H22N6O3. The molecule has 0 unspecified atom stereocenters. The summed E-state index contributed by atoms with van der Waals surface area (Å²) >= 11 is 0. The number of hydrogen-bond acceptors (Lipinski definition) is 5. The van der Waals surface area contributed by atoms with Gasteiger partial charge in [-0.1, -0.05) is 0 Å². The fourth-order valence-corrected chi connectivity index (χ4v) is 3.14. The van der Waals surface area contributed by atoms with Crippen molar-refractivity contribution in [2.45, 2.75) is 18.4 Å². The maximum absolute atomic E-state index is 13.1. The van der Waals surface area contributed by atoms with Gasteiger partial charge >= 0.3 is 0 Å². The van der Waals surface area contributed by atoms with Gasteiger partial charge in [0.1, 0.15) is 12.1 Å². The van der Waals surface area contributed by atoms with E-state index in [2.05, 4.69) is 15.5 Å². The van der Waals surface area contributed by atoms with Gasteiger partial charge in [-0.2, -0.15) is 10.2 Å². The molecule has 1 aliphatic rings. The van der Waals surface area contributed by atoms with Gasteiger partial charge in [-0.15, -0.1) is 0 Å². The van der Waals surface area contributed by atoms with Crippen molar-refractivity contribution in [3.8, 4) is 0 Å². The molecule has 0 atom stereocenters. The van der Waals surface area contributed by atoms with Gasteiger partial charge in [0.2, 0.25) is 5.91 Å². The second-order valence-corrected chi connectivity index (χ2v) is 6.12. The smallest absolute Gasteiger partial charge is 0.253 e. The number of nitrogens with zero attached hydrogens (tertiary/aromatic N) is 5. The van der Waals surface area contributed by atoms with Crippen LogP contribution in [0.2, 0.25) is 0 Å². The van der Waals surface area contributed by atoms with Gasteiger partial charge in [0, 0.05) is 51.9 Å². The van der Waals surface area contributed by atoms with Gasteiger partial charge in [0.15, 0.2) is 5.82 Å². The molecule has 0 spiro atoms. The molecule has 2 aromatic rings. The van der Waals surface area contributed by atoms with Crippen LogP contribution in [0.5, 0.6) is 0 Å². The quantitative estimate of drug-likeness (QED) is 0.836. The highest BCUT2D eigenvalue weighted by atomic mass is 16.5. The molecule has 9 heteroatoms. The maximum atomic E-state index is 13.1. The first-order chi connectivity index (χ1) is 12.0. The Morgan fingerprint density at radius 1 is 1.32 bits per heavy atom. The highest BCUT2D eigenvalue weighted by molar-refractivity contribution is 5.96. The monoisotopic (exact) mass is 346 g/mol. The van der Waals surface area contributed by atoms with Gasteiger partial charge in [-0.25, -0.2) is 0 Å². The predicted octanol–water partition coefficient (Wildman–Crippen LogP) is 0.219. The number of carbonyl (C=O) groups excluding carboxylic acids is 2. The number of methoxy groups -OCH3 is 1. The first-order valence-corrected chi connectivity index (χ1v) is 8.13. The zero-order valence-corrected chi connectivity index (χ0v) is 14.4. The summed E-state index contributed by atoms with van der Waals surface area (Å²) in [7, 11) is 3.29. The summed E-state index contributed by atoms with van der Waals surface area (Å²) in [6.45, 7) is 0.990. The van der Waals surface area contributed by atoms with Gasteiger partial charge in [0.05, 0.1) is 0 Å². The summed E-state index contributed by atoms with van der Waals surface area (Å²) in [6.07, 6.45) is 6.15. The topological polar surface area (TPSA) is 94.3 Å². The van der Waals surface area contributed by atoms with E-state index in [4.69, 9.17) is 4.74 Å². The molecule has 3 heterocycles. The molecule has 134 valence electrons. The Labute approximate surface area is 145 Å². The average molecular weight is 346 g/mol. The summed E-state index contributed by atoms with van der Waals surface area (Å²) in [5.41, 5.74) is -0.842. The highest BCUT2D eigenvalue weighted by Crippen LogP contribution is 2.31. The lowest BCUT2D eigenvalue weighted by molar-refractivity contribution is -0.140. The van der Waals surface area contributed by atoms with Gasteiger partial charge in [0.25, 0.3) is 5.91 Å². The number of aryl methyl sites for hydroxylation is 1. The van der Waals surface area contributed by atoms with E-state index in [9.17, 15) is 9.59 Å². The molecule has 2 aromatic heterocycles. The minimum atomic E-state index is -0.842. The summed E-state index contributed by atoms with van der Waals surface area (Å²) in [5.74, 6) is 0.257. The van der Waals surface area contributed by atoms with Crippen LogP contribution in [-0.2, 0) is 26.9 Å². The van der Waals surface area contributed by atoms with E-state index in [1.165, 1.54) is 7.11 Å². The van der Waals surface area contributed by atoms with Crippen LogP contribution in [0.1, 0.15) is 12.8 Å². The number of aromatic nitrogens is 4. The summed E-state index contributed by atoms with van der Waals surface area (Å²) in [5, 5.41) is 11.4. The maximum Gasteiger partial charge on any atom is 0.253 e. The number of nitrogens with one attached hydrogen (secondary N) is 1. The van der Waals surface area contributed by atoms with Crippen molar-refractivity contribution < 1.29 is 14.3 Å². The number of amides is 2. The number of anilines is 1. The second-order valence-electron chi connectivity index (χ2n) is 6.12. The van der Waals surface area contributed by atoms with Crippen LogP contribution in [0.25, 0.3) is 0 Å². The van der Waals surface area contributed by atoms with Crippen molar-refractivity contribution in [3.05, 3.63) is 30.7 Å². The van der Waals surface area contributed by atoms with Gasteiger partial charge in [-0.3, -0.25) is 19.0 Å². The molecule has 0 aromatic carbocycles. The molecule has 25 heavy (non-hydrogen) atoms. The minimum absolute atomic E-state index is 0.0505. The number of ether oxygens (including phenoxy) is 1. The number of likely N-dealkylation sites (tertiary alicyclic amines) is 1.